The molecule has 0 saturated carbocycles. The molecule has 3 rings (SSSR count). The number of methoxy groups -OCH3 is 1. The van der Waals surface area contributed by atoms with E-state index in [1.807, 2.05) is 24.3 Å². The zero-order valence-corrected chi connectivity index (χ0v) is 14.8. The van der Waals surface area contributed by atoms with Crippen LogP contribution < -0.4 is 5.56 Å². The normalized spacial score (nSPS) is 21.2. The van der Waals surface area contributed by atoms with Crippen LogP contribution in [0.4, 0.5) is 0 Å². The lowest BCUT2D eigenvalue weighted by atomic mass is 10.1. The van der Waals surface area contributed by atoms with Crippen molar-refractivity contribution in [1.29, 1.82) is 0 Å². The molecular weight excluding hydrogens is 306 g/mol. The lowest BCUT2D eigenvalue weighted by Gasteiger charge is -2.42. The Bertz CT molecular complexity index is 785. The molecule has 24 heavy (non-hydrogen) atoms. The Labute approximate surface area is 142 Å². The summed E-state index contributed by atoms with van der Waals surface area (Å²) >= 11 is 0. The molecule has 0 radical (unpaired) electrons. The van der Waals surface area contributed by atoms with E-state index in [1.165, 1.54) is 0 Å². The van der Waals surface area contributed by atoms with Crippen LogP contribution in [0.15, 0.2) is 29.1 Å². The highest BCUT2D eigenvalue weighted by atomic mass is 16.5. The highest BCUT2D eigenvalue weighted by molar-refractivity contribution is 5.77. The standard InChI is InChI=1S/C18H25N3O3/c1-18(2)12-21(9-13(24-18)11-23-4)10-16-19-15-8-6-5-7-14(15)17(22)20(16)3/h5-8,13H,9-12H2,1-4H3/t13-/m1/s1. The van der Waals surface area contributed by atoms with E-state index in [0.717, 1.165) is 24.4 Å². The van der Waals surface area contributed by atoms with Gasteiger partial charge in [0, 0.05) is 27.2 Å². The molecule has 1 aromatic carbocycles. The van der Waals surface area contributed by atoms with Crippen molar-refractivity contribution in [2.24, 2.45) is 7.05 Å². The van der Waals surface area contributed by atoms with Crippen molar-refractivity contribution in [2.75, 3.05) is 26.8 Å². The molecule has 1 atom stereocenters. The van der Waals surface area contributed by atoms with Gasteiger partial charge in [-0.05, 0) is 26.0 Å². The highest BCUT2D eigenvalue weighted by Gasteiger charge is 2.33. The van der Waals surface area contributed by atoms with E-state index in [1.54, 1.807) is 18.7 Å². The number of benzene rings is 1. The van der Waals surface area contributed by atoms with Gasteiger partial charge in [0.25, 0.3) is 5.56 Å². The van der Waals surface area contributed by atoms with Crippen molar-refractivity contribution >= 4 is 10.9 Å². The molecule has 2 heterocycles. The number of fused-ring (bicyclic) bond motifs is 1. The lowest BCUT2D eigenvalue weighted by molar-refractivity contribution is -0.154. The van der Waals surface area contributed by atoms with Crippen molar-refractivity contribution in [3.63, 3.8) is 0 Å². The number of para-hydroxylation sites is 1. The summed E-state index contributed by atoms with van der Waals surface area (Å²) in [6.07, 6.45) is 0.0243. The van der Waals surface area contributed by atoms with Crippen LogP contribution in [0.3, 0.4) is 0 Å². The van der Waals surface area contributed by atoms with E-state index in [2.05, 4.69) is 18.7 Å². The molecule has 0 unspecified atom stereocenters. The quantitative estimate of drug-likeness (QED) is 0.851. The third-order valence-electron chi connectivity index (χ3n) is 4.35. The van der Waals surface area contributed by atoms with Gasteiger partial charge in [-0.3, -0.25) is 14.3 Å². The van der Waals surface area contributed by atoms with Gasteiger partial charge in [0.2, 0.25) is 0 Å². The molecule has 6 nitrogen and oxygen atoms in total. The largest absolute Gasteiger partial charge is 0.382 e. The summed E-state index contributed by atoms with van der Waals surface area (Å²) in [6.45, 7) is 6.88. The first-order valence-electron chi connectivity index (χ1n) is 8.23. The summed E-state index contributed by atoms with van der Waals surface area (Å²) in [4.78, 5) is 19.5. The molecule has 1 aliphatic heterocycles. The molecule has 0 spiro atoms. The fraction of sp³-hybridized carbons (Fsp3) is 0.556. The van der Waals surface area contributed by atoms with Gasteiger partial charge < -0.3 is 9.47 Å². The van der Waals surface area contributed by atoms with E-state index in [-0.39, 0.29) is 17.3 Å². The van der Waals surface area contributed by atoms with Crippen LogP contribution in [0.1, 0.15) is 19.7 Å². The van der Waals surface area contributed by atoms with Crippen LogP contribution in [-0.4, -0.2) is 53.0 Å². The van der Waals surface area contributed by atoms with Crippen molar-refractivity contribution in [2.45, 2.75) is 32.1 Å². The maximum atomic E-state index is 12.5. The van der Waals surface area contributed by atoms with Gasteiger partial charge >= 0.3 is 0 Å². The van der Waals surface area contributed by atoms with E-state index in [4.69, 9.17) is 14.5 Å². The van der Waals surface area contributed by atoms with Gasteiger partial charge in [-0.15, -0.1) is 0 Å². The van der Waals surface area contributed by atoms with Crippen LogP contribution >= 0.6 is 0 Å². The summed E-state index contributed by atoms with van der Waals surface area (Å²) in [5.74, 6) is 0.771. The molecule has 0 N–H and O–H groups in total. The van der Waals surface area contributed by atoms with E-state index >= 15 is 0 Å². The number of aromatic nitrogens is 2. The molecule has 1 fully saturated rings. The number of hydrogen-bond donors (Lipinski definition) is 0. The monoisotopic (exact) mass is 331 g/mol. The second-order valence-corrected chi connectivity index (χ2v) is 7.03. The number of morpholine rings is 1. The van der Waals surface area contributed by atoms with Gasteiger partial charge in [0.05, 0.1) is 35.8 Å². The molecule has 0 aliphatic carbocycles. The molecule has 6 heteroatoms. The first-order chi connectivity index (χ1) is 11.4. The Morgan fingerprint density at radius 3 is 2.88 bits per heavy atom. The second-order valence-electron chi connectivity index (χ2n) is 7.03. The van der Waals surface area contributed by atoms with Crippen molar-refractivity contribution in [3.05, 3.63) is 40.4 Å². The van der Waals surface area contributed by atoms with Crippen molar-refractivity contribution in [1.82, 2.24) is 14.5 Å². The number of rotatable bonds is 4. The zero-order chi connectivity index (χ0) is 17.3. The first kappa shape index (κ1) is 17.1. The van der Waals surface area contributed by atoms with Gasteiger partial charge in [0.15, 0.2) is 0 Å². The number of nitrogens with zero attached hydrogens (tertiary/aromatic N) is 3. The molecule has 0 bridgehead atoms. The first-order valence-corrected chi connectivity index (χ1v) is 8.23. The SMILES string of the molecule is COC[C@H]1CN(Cc2nc3ccccc3c(=O)n2C)CC(C)(C)O1. The smallest absolute Gasteiger partial charge is 0.261 e. The van der Waals surface area contributed by atoms with E-state index in [9.17, 15) is 4.79 Å². The summed E-state index contributed by atoms with van der Waals surface area (Å²) < 4.78 is 13.0. The predicted molar refractivity (Wildman–Crippen MR) is 93.1 cm³/mol. The number of ether oxygens (including phenoxy) is 2. The topological polar surface area (TPSA) is 56.6 Å². The Morgan fingerprint density at radius 1 is 1.38 bits per heavy atom. The fourth-order valence-electron chi connectivity index (χ4n) is 3.42. The maximum Gasteiger partial charge on any atom is 0.261 e. The van der Waals surface area contributed by atoms with Gasteiger partial charge in [-0.1, -0.05) is 12.1 Å². The van der Waals surface area contributed by atoms with E-state index in [0.29, 0.717) is 18.5 Å². The Balaban J connectivity index is 1.89. The summed E-state index contributed by atoms with van der Waals surface area (Å²) in [5.41, 5.74) is 0.491. The summed E-state index contributed by atoms with van der Waals surface area (Å²) in [6, 6.07) is 7.48. The average molecular weight is 331 g/mol. The minimum absolute atomic E-state index is 0.00318. The number of hydrogen-bond acceptors (Lipinski definition) is 5. The van der Waals surface area contributed by atoms with Crippen LogP contribution in [0, 0.1) is 0 Å². The third kappa shape index (κ3) is 3.50. The second kappa shape index (κ2) is 6.63. The van der Waals surface area contributed by atoms with Crippen LogP contribution in [0.25, 0.3) is 10.9 Å². The zero-order valence-electron chi connectivity index (χ0n) is 14.8. The average Bonchev–Trinajstić information content (AvgIpc) is 2.51. The predicted octanol–water partition coefficient (Wildman–Crippen LogP) is 1.56. The van der Waals surface area contributed by atoms with Gasteiger partial charge in [-0.2, -0.15) is 0 Å². The summed E-state index contributed by atoms with van der Waals surface area (Å²) in [5, 5.41) is 0.656. The minimum atomic E-state index is -0.253. The Kier molecular flexibility index (Phi) is 4.71. The summed E-state index contributed by atoms with van der Waals surface area (Å²) in [7, 11) is 3.47. The fourth-order valence-corrected chi connectivity index (χ4v) is 3.42. The molecule has 1 aliphatic rings. The third-order valence-corrected chi connectivity index (χ3v) is 4.35. The maximum absolute atomic E-state index is 12.5. The minimum Gasteiger partial charge on any atom is -0.382 e. The van der Waals surface area contributed by atoms with Gasteiger partial charge in [0.1, 0.15) is 5.82 Å². The molecular formula is C18H25N3O3. The van der Waals surface area contributed by atoms with Gasteiger partial charge in [-0.25, -0.2) is 4.98 Å². The highest BCUT2D eigenvalue weighted by Crippen LogP contribution is 2.22. The molecule has 1 aromatic heterocycles. The van der Waals surface area contributed by atoms with E-state index < -0.39 is 0 Å². The van der Waals surface area contributed by atoms with Crippen LogP contribution in [-0.2, 0) is 23.1 Å². The molecule has 130 valence electrons. The molecule has 1 saturated heterocycles. The lowest BCUT2D eigenvalue weighted by Crippen LogP contribution is -2.53. The Hall–Kier alpha value is -1.76. The van der Waals surface area contributed by atoms with Crippen LogP contribution in [0.5, 0.6) is 0 Å². The molecule has 0 amide bonds. The van der Waals surface area contributed by atoms with Crippen LogP contribution in [0.2, 0.25) is 0 Å². The van der Waals surface area contributed by atoms with Crippen molar-refractivity contribution < 1.29 is 9.47 Å². The Morgan fingerprint density at radius 2 is 2.12 bits per heavy atom. The molecule has 2 aromatic rings. The van der Waals surface area contributed by atoms with Crippen molar-refractivity contribution in [3.8, 4) is 0 Å².